The van der Waals surface area contributed by atoms with Gasteiger partial charge in [-0.2, -0.15) is 0 Å². The highest BCUT2D eigenvalue weighted by atomic mass is 16.5. The number of benzene rings is 4. The number of nitrogens with zero attached hydrogens (tertiary/aromatic N) is 5. The van der Waals surface area contributed by atoms with Crippen LogP contribution in [0, 0.1) is 5.92 Å². The predicted octanol–water partition coefficient (Wildman–Crippen LogP) is 5.72. The number of likely N-dealkylation sites (tertiary alicyclic amines) is 1. The number of ether oxygens (including phenoxy) is 2. The third-order valence-electron chi connectivity index (χ3n) is 12.0. The number of phenols is 2. The highest BCUT2D eigenvalue weighted by Crippen LogP contribution is 2.39. The fourth-order valence-corrected chi connectivity index (χ4v) is 8.45. The topological polar surface area (TPSA) is 238 Å². The van der Waals surface area contributed by atoms with E-state index in [1.807, 2.05) is 18.7 Å². The van der Waals surface area contributed by atoms with Crippen LogP contribution in [0.3, 0.4) is 0 Å². The molecular formula is C47H50N8O10. The lowest BCUT2D eigenvalue weighted by atomic mass is 9.97. The molecule has 338 valence electrons. The Balaban J connectivity index is 0.839. The van der Waals surface area contributed by atoms with Gasteiger partial charge < -0.3 is 35.0 Å². The van der Waals surface area contributed by atoms with Gasteiger partial charge in [0.25, 0.3) is 11.8 Å². The molecule has 2 atom stereocenters. The molecule has 0 bridgehead atoms. The number of carbonyl (C=O) groups excluding carboxylic acids is 5. The normalized spacial score (nSPS) is 17.2. The van der Waals surface area contributed by atoms with Gasteiger partial charge in [-0.25, -0.2) is 4.79 Å². The van der Waals surface area contributed by atoms with Gasteiger partial charge in [0, 0.05) is 61.2 Å². The largest absolute Gasteiger partial charge is 0.508 e. The van der Waals surface area contributed by atoms with Crippen molar-refractivity contribution >= 4 is 35.4 Å². The van der Waals surface area contributed by atoms with Crippen molar-refractivity contribution in [3.63, 3.8) is 0 Å². The molecule has 3 aliphatic rings. The second kappa shape index (κ2) is 18.8. The number of anilines is 1. The van der Waals surface area contributed by atoms with Crippen molar-refractivity contribution in [1.82, 2.24) is 35.2 Å². The van der Waals surface area contributed by atoms with Gasteiger partial charge >= 0.3 is 6.09 Å². The Kier molecular flexibility index (Phi) is 12.8. The molecule has 0 saturated carbocycles. The van der Waals surface area contributed by atoms with E-state index in [9.17, 15) is 39.3 Å². The number of phenolic OH excluding ortho intramolecular Hbond substituents is 2. The number of aromatic hydroxyl groups is 2. The van der Waals surface area contributed by atoms with Crippen molar-refractivity contribution in [2.24, 2.45) is 5.92 Å². The number of piperidine rings is 2. The van der Waals surface area contributed by atoms with Gasteiger partial charge in [0.05, 0.1) is 12.2 Å². The summed E-state index contributed by atoms with van der Waals surface area (Å²) >= 11 is 0. The molecule has 6 N–H and O–H groups in total. The van der Waals surface area contributed by atoms with Gasteiger partial charge in [-0.1, -0.05) is 32.0 Å². The fourth-order valence-electron chi connectivity index (χ4n) is 8.45. The maximum absolute atomic E-state index is 13.2. The molecule has 18 heteroatoms. The van der Waals surface area contributed by atoms with Gasteiger partial charge in [0.1, 0.15) is 35.3 Å². The number of nitrogens with one attached hydrogen (secondary N) is 3. The van der Waals surface area contributed by atoms with Crippen molar-refractivity contribution in [3.8, 4) is 40.1 Å². The Hall–Kier alpha value is -7.31. The summed E-state index contributed by atoms with van der Waals surface area (Å²) in [6, 6.07) is 21.2. The number of carbonyl (C=O) groups is 5. The first-order valence-corrected chi connectivity index (χ1v) is 21.6. The van der Waals surface area contributed by atoms with Gasteiger partial charge in [-0.15, -0.1) is 10.2 Å². The Morgan fingerprint density at radius 1 is 0.892 bits per heavy atom. The number of aromatic nitrogens is 3. The molecule has 4 aromatic carbocycles. The molecule has 8 rings (SSSR count). The van der Waals surface area contributed by atoms with E-state index >= 15 is 0 Å². The third kappa shape index (κ3) is 9.35. The van der Waals surface area contributed by atoms with Crippen LogP contribution in [0.2, 0.25) is 0 Å². The third-order valence-corrected chi connectivity index (χ3v) is 12.0. The highest BCUT2D eigenvalue weighted by molar-refractivity contribution is 6.06. The van der Waals surface area contributed by atoms with Crippen molar-refractivity contribution in [1.29, 1.82) is 0 Å². The molecule has 2 saturated heterocycles. The van der Waals surface area contributed by atoms with Crippen LogP contribution >= 0.6 is 0 Å². The predicted molar refractivity (Wildman–Crippen MR) is 235 cm³/mol. The molecule has 3 aliphatic heterocycles. The lowest BCUT2D eigenvalue weighted by Gasteiger charge is -2.35. The summed E-state index contributed by atoms with van der Waals surface area (Å²) in [5, 5.41) is 48.8. The summed E-state index contributed by atoms with van der Waals surface area (Å²) in [6.07, 6.45) is 0.238. The first-order chi connectivity index (χ1) is 31.3. The van der Waals surface area contributed by atoms with Gasteiger partial charge in [0.2, 0.25) is 17.6 Å². The number of rotatable bonds is 13. The van der Waals surface area contributed by atoms with Crippen molar-refractivity contribution in [2.75, 3.05) is 31.6 Å². The summed E-state index contributed by atoms with van der Waals surface area (Å²) in [6.45, 7) is 7.44. The molecule has 5 aromatic rings. The second-order valence-corrected chi connectivity index (χ2v) is 16.6. The molecule has 2 unspecified atom stereocenters. The van der Waals surface area contributed by atoms with Crippen LogP contribution in [0.4, 0.5) is 10.5 Å². The summed E-state index contributed by atoms with van der Waals surface area (Å²) in [4.78, 5) is 66.6. The van der Waals surface area contributed by atoms with Crippen molar-refractivity contribution in [2.45, 2.75) is 71.2 Å². The van der Waals surface area contributed by atoms with E-state index in [1.54, 1.807) is 79.7 Å². The van der Waals surface area contributed by atoms with Crippen molar-refractivity contribution in [3.05, 3.63) is 107 Å². The molecule has 1 aromatic heterocycles. The van der Waals surface area contributed by atoms with Crippen LogP contribution in [0.25, 0.3) is 17.1 Å². The highest BCUT2D eigenvalue weighted by Gasteiger charge is 2.40. The van der Waals surface area contributed by atoms with E-state index in [4.69, 9.17) is 9.47 Å². The maximum atomic E-state index is 13.2. The number of fused-ring (bicyclic) bond motifs is 1. The standard InChI is InChI=1S/C47H50N8O10/c1-4-48-44(60)42-52-51-41(34-22-33(26(2)3)38(56)23-39(34)57)55(42)29-10-14-31(15-11-29)65-30-12-8-28(9-13-30)45(61)53-20-18-27(19-21-53)25-64-47(63)49-36-7-5-6-32-35(36)24-54(46(32)62)37-16-17-40(58)50-43(37)59/h5-15,22-23,26-27,37,45,56-57,61H,4,16-21,24-25H2,1-3H3,(H,48,60)(H,49,63)(H,50,58,59). The molecular weight excluding hydrogens is 837 g/mol. The summed E-state index contributed by atoms with van der Waals surface area (Å²) in [7, 11) is 0. The summed E-state index contributed by atoms with van der Waals surface area (Å²) in [5.41, 5.74) is 3.50. The Bertz CT molecular complexity index is 2620. The molecule has 4 heterocycles. The van der Waals surface area contributed by atoms with E-state index < -0.39 is 30.2 Å². The Morgan fingerprint density at radius 2 is 1.60 bits per heavy atom. The molecule has 5 amide bonds. The minimum absolute atomic E-state index is 0.0130. The van der Waals surface area contributed by atoms with Crippen LogP contribution in [0.15, 0.2) is 78.9 Å². The lowest BCUT2D eigenvalue weighted by molar-refractivity contribution is -0.136. The minimum Gasteiger partial charge on any atom is -0.508 e. The summed E-state index contributed by atoms with van der Waals surface area (Å²) in [5.74, 6) is -0.643. The number of imide groups is 1. The SMILES string of the molecule is CCNC(=O)c1nnc(-c2cc(C(C)C)c(O)cc2O)n1-c1ccc(Oc2ccc(C(O)N3CCC(COC(=O)Nc4cccc5c4CN(C4CCC(=O)NC4=O)C5=O)CC3)cc2)cc1. The average Bonchev–Trinajstić information content (AvgIpc) is 3.88. The maximum Gasteiger partial charge on any atom is 0.411 e. The van der Waals surface area contributed by atoms with Crippen LogP contribution in [-0.4, -0.2) is 102 Å². The van der Waals surface area contributed by atoms with Gasteiger partial charge in [0.15, 0.2) is 5.82 Å². The Morgan fingerprint density at radius 3 is 2.28 bits per heavy atom. The fraction of sp³-hybridized carbons (Fsp3) is 0.340. The lowest BCUT2D eigenvalue weighted by Crippen LogP contribution is -2.52. The average molecular weight is 887 g/mol. The first-order valence-electron chi connectivity index (χ1n) is 21.6. The van der Waals surface area contributed by atoms with Gasteiger partial charge in [-0.3, -0.25) is 39.3 Å². The number of hydrogen-bond acceptors (Lipinski definition) is 13. The molecule has 0 aliphatic carbocycles. The number of amides is 5. The zero-order chi connectivity index (χ0) is 45.9. The van der Waals surface area contributed by atoms with Gasteiger partial charge in [-0.05, 0) is 104 Å². The molecule has 0 spiro atoms. The number of hydrogen-bond donors (Lipinski definition) is 6. The van der Waals surface area contributed by atoms with E-state index in [0.717, 1.165) is 0 Å². The molecule has 2 fully saturated rings. The Labute approximate surface area is 374 Å². The second-order valence-electron chi connectivity index (χ2n) is 16.6. The van der Waals surface area contributed by atoms with Crippen LogP contribution < -0.4 is 20.7 Å². The molecule has 0 radical (unpaired) electrons. The van der Waals surface area contributed by atoms with Crippen LogP contribution in [-0.2, 0) is 20.9 Å². The molecule has 18 nitrogen and oxygen atoms in total. The number of aliphatic hydroxyl groups excluding tert-OH is 1. The first kappa shape index (κ1) is 44.3. The van der Waals surface area contributed by atoms with E-state index in [-0.39, 0.29) is 72.8 Å². The molecule has 65 heavy (non-hydrogen) atoms. The minimum atomic E-state index is -0.863. The zero-order valence-electron chi connectivity index (χ0n) is 36.1. The van der Waals surface area contributed by atoms with E-state index in [2.05, 4.69) is 26.1 Å². The van der Waals surface area contributed by atoms with Crippen LogP contribution in [0.1, 0.15) is 96.3 Å². The van der Waals surface area contributed by atoms with E-state index in [0.29, 0.717) is 83.2 Å². The monoisotopic (exact) mass is 886 g/mol. The van der Waals surface area contributed by atoms with Crippen LogP contribution in [0.5, 0.6) is 23.0 Å². The number of aliphatic hydroxyl groups is 1. The quantitative estimate of drug-likeness (QED) is 0.0777. The van der Waals surface area contributed by atoms with Crippen molar-refractivity contribution < 1.29 is 48.8 Å². The zero-order valence-corrected chi connectivity index (χ0v) is 36.1. The van der Waals surface area contributed by atoms with E-state index in [1.165, 1.54) is 15.5 Å². The summed E-state index contributed by atoms with van der Waals surface area (Å²) < 4.78 is 13.3. The smallest absolute Gasteiger partial charge is 0.411 e.